The third-order valence-corrected chi connectivity index (χ3v) is 7.20. The molecule has 0 saturated heterocycles. The quantitative estimate of drug-likeness (QED) is 0.278. The second kappa shape index (κ2) is 8.96. The molecule has 6 rings (SSSR count). The van der Waals surface area contributed by atoms with Crippen molar-refractivity contribution in [2.45, 2.75) is 26.2 Å². The van der Waals surface area contributed by atoms with Crippen LogP contribution in [0.4, 0.5) is 5.69 Å². The molecule has 172 valence electrons. The number of unbranched alkanes of at least 4 members (excludes halogenated alkanes) is 1. The van der Waals surface area contributed by atoms with E-state index in [-0.39, 0.29) is 0 Å². The topological polar surface area (TPSA) is 66.0 Å². The van der Waals surface area contributed by atoms with Crippen LogP contribution in [0.5, 0.6) is 0 Å². The number of fused-ring (bicyclic) bond motifs is 2. The van der Waals surface area contributed by atoms with Crippen LogP contribution in [0.2, 0.25) is 0 Å². The highest BCUT2D eigenvalue weighted by Crippen LogP contribution is 2.33. The first-order valence-electron chi connectivity index (χ1n) is 11.8. The summed E-state index contributed by atoms with van der Waals surface area (Å²) in [4.78, 5) is 18.4. The summed E-state index contributed by atoms with van der Waals surface area (Å²) in [6, 6.07) is 14.9. The van der Waals surface area contributed by atoms with Gasteiger partial charge in [0, 0.05) is 44.7 Å². The molecule has 5 nitrogen and oxygen atoms in total. The number of aromatic amines is 1. The number of nitrogens with zero attached hydrogens (tertiary/aromatic N) is 3. The summed E-state index contributed by atoms with van der Waals surface area (Å²) in [6.07, 6.45) is 10.8. The Kier molecular flexibility index (Phi) is 5.51. The van der Waals surface area contributed by atoms with E-state index in [1.54, 1.807) is 11.3 Å². The van der Waals surface area contributed by atoms with Gasteiger partial charge in [0.1, 0.15) is 0 Å². The standard InChI is InChI=1S/C29H25N5S/c1-3-4-6-18(2)32-21-11-20(14-30-15-21)19-8-9-25-23(12-19)29(34-25)26-13-22-24(28-7-5-10-35-28)16-31-17-27(22)33-26/h5,7-17,32-33H,2-4,6H2,1H3. The normalized spacial score (nSPS) is 12.2. The van der Waals surface area contributed by atoms with Gasteiger partial charge in [0.25, 0.3) is 0 Å². The van der Waals surface area contributed by atoms with Crippen molar-refractivity contribution >= 4 is 33.6 Å². The number of aromatic nitrogens is 3. The van der Waals surface area contributed by atoms with Crippen molar-refractivity contribution in [2.75, 3.05) is 5.32 Å². The summed E-state index contributed by atoms with van der Waals surface area (Å²) < 4.78 is 0. The van der Waals surface area contributed by atoms with Crippen molar-refractivity contribution in [3.05, 3.63) is 101 Å². The Balaban J connectivity index is 1.35. The Morgan fingerprint density at radius 3 is 2.80 bits per heavy atom. The van der Waals surface area contributed by atoms with Crippen LogP contribution in [-0.4, -0.2) is 15.0 Å². The van der Waals surface area contributed by atoms with E-state index in [4.69, 9.17) is 4.99 Å². The van der Waals surface area contributed by atoms with Crippen molar-refractivity contribution in [1.29, 1.82) is 0 Å². The molecule has 6 heteroatoms. The van der Waals surface area contributed by atoms with Gasteiger partial charge in [-0.25, -0.2) is 4.99 Å². The molecule has 0 radical (unpaired) electrons. The maximum atomic E-state index is 4.79. The van der Waals surface area contributed by atoms with E-state index in [0.717, 1.165) is 80.2 Å². The van der Waals surface area contributed by atoms with Gasteiger partial charge in [0.2, 0.25) is 0 Å². The minimum absolute atomic E-state index is 0.962. The molecular formula is C29H25N5S. The number of pyridine rings is 2. The summed E-state index contributed by atoms with van der Waals surface area (Å²) in [5.41, 5.74) is 8.31. The van der Waals surface area contributed by atoms with Gasteiger partial charge in [-0.15, -0.1) is 11.3 Å². The van der Waals surface area contributed by atoms with Gasteiger partial charge < -0.3 is 10.3 Å². The third-order valence-electron chi connectivity index (χ3n) is 6.30. The fraction of sp³-hybridized carbons (Fsp3) is 0.138. The van der Waals surface area contributed by atoms with E-state index in [1.807, 2.05) is 24.8 Å². The lowest BCUT2D eigenvalue weighted by molar-refractivity contribution is 0.791. The van der Waals surface area contributed by atoms with Gasteiger partial charge >= 0.3 is 0 Å². The first-order valence-corrected chi connectivity index (χ1v) is 12.7. The van der Waals surface area contributed by atoms with Gasteiger partial charge in [-0.3, -0.25) is 9.97 Å². The maximum absolute atomic E-state index is 4.79. The zero-order valence-corrected chi connectivity index (χ0v) is 20.3. The molecule has 0 amide bonds. The van der Waals surface area contributed by atoms with E-state index in [0.29, 0.717) is 0 Å². The fourth-order valence-corrected chi connectivity index (χ4v) is 5.22. The maximum Gasteiger partial charge on any atom is 0.0966 e. The predicted octanol–water partition coefficient (Wildman–Crippen LogP) is 6.26. The summed E-state index contributed by atoms with van der Waals surface area (Å²) in [5.74, 6) is 0. The monoisotopic (exact) mass is 475 g/mol. The van der Waals surface area contributed by atoms with Crippen LogP contribution >= 0.6 is 11.3 Å². The Bertz CT molecular complexity index is 1680. The average Bonchev–Trinajstić information content (AvgIpc) is 3.54. The number of hydrogen-bond donors (Lipinski definition) is 2. The van der Waals surface area contributed by atoms with Gasteiger partial charge in [-0.1, -0.05) is 32.1 Å². The van der Waals surface area contributed by atoms with Gasteiger partial charge in [-0.2, -0.15) is 0 Å². The fourth-order valence-electron chi connectivity index (χ4n) is 4.47. The number of anilines is 1. The molecule has 0 atom stereocenters. The number of thiophene rings is 1. The minimum Gasteiger partial charge on any atom is -0.358 e. The van der Waals surface area contributed by atoms with Crippen molar-refractivity contribution in [3.8, 4) is 21.6 Å². The van der Waals surface area contributed by atoms with E-state index in [1.165, 1.54) is 4.88 Å². The number of H-pyrrole nitrogens is 1. The Labute approximate surface area is 207 Å². The number of benzene rings is 1. The Morgan fingerprint density at radius 2 is 1.94 bits per heavy atom. The zero-order valence-electron chi connectivity index (χ0n) is 19.5. The Morgan fingerprint density at radius 1 is 1.03 bits per heavy atom. The smallest absolute Gasteiger partial charge is 0.0966 e. The average molecular weight is 476 g/mol. The third kappa shape index (κ3) is 4.06. The van der Waals surface area contributed by atoms with Crippen LogP contribution in [0.3, 0.4) is 0 Å². The molecule has 2 N–H and O–H groups in total. The molecular weight excluding hydrogens is 450 g/mol. The van der Waals surface area contributed by atoms with E-state index in [2.05, 4.69) is 81.6 Å². The number of hydrogen-bond acceptors (Lipinski definition) is 5. The molecule has 1 aromatic carbocycles. The van der Waals surface area contributed by atoms with Crippen molar-refractivity contribution < 1.29 is 0 Å². The van der Waals surface area contributed by atoms with Crippen molar-refractivity contribution in [3.63, 3.8) is 0 Å². The number of rotatable bonds is 8. The molecule has 0 aliphatic carbocycles. The first kappa shape index (κ1) is 21.5. The molecule has 35 heavy (non-hydrogen) atoms. The Hall–Kier alpha value is -4.03. The molecule has 1 aliphatic heterocycles. The van der Waals surface area contributed by atoms with Crippen molar-refractivity contribution in [1.82, 2.24) is 15.0 Å². The largest absolute Gasteiger partial charge is 0.358 e. The zero-order chi connectivity index (χ0) is 23.8. The van der Waals surface area contributed by atoms with Crippen LogP contribution in [0, 0.1) is 0 Å². The molecule has 0 saturated carbocycles. The van der Waals surface area contributed by atoms with Crippen LogP contribution in [0.15, 0.2) is 89.9 Å². The highest BCUT2D eigenvalue weighted by atomic mass is 32.1. The van der Waals surface area contributed by atoms with Crippen LogP contribution in [0.1, 0.15) is 31.9 Å². The van der Waals surface area contributed by atoms with Gasteiger partial charge in [-0.05, 0) is 54.1 Å². The van der Waals surface area contributed by atoms with E-state index < -0.39 is 0 Å². The first-order chi connectivity index (χ1) is 17.2. The summed E-state index contributed by atoms with van der Waals surface area (Å²) in [6.45, 7) is 6.33. The van der Waals surface area contributed by atoms with Crippen LogP contribution in [0.25, 0.3) is 38.2 Å². The SMILES string of the molecule is C=C(CCCC)Nc1cncc(-c2ccc3c(c2)=C(c2cc4c(-c5cccs5)cncc4[nH]2)N=3)c1. The lowest BCUT2D eigenvalue weighted by Gasteiger charge is -2.12. The molecule has 1 aliphatic rings. The molecule has 0 unspecified atom stereocenters. The number of allylic oxidation sites excluding steroid dienone is 1. The summed E-state index contributed by atoms with van der Waals surface area (Å²) >= 11 is 1.72. The second-order valence-corrected chi connectivity index (χ2v) is 9.74. The van der Waals surface area contributed by atoms with E-state index in [9.17, 15) is 0 Å². The molecule has 0 bridgehead atoms. The molecule has 5 aromatic rings. The molecule has 0 fully saturated rings. The predicted molar refractivity (Wildman–Crippen MR) is 145 cm³/mol. The molecule has 4 aromatic heterocycles. The lowest BCUT2D eigenvalue weighted by atomic mass is 10.0. The van der Waals surface area contributed by atoms with Gasteiger partial charge in [0.05, 0.1) is 40.3 Å². The lowest BCUT2D eigenvalue weighted by Crippen LogP contribution is -2.35. The molecule has 0 spiro atoms. The number of nitrogens with one attached hydrogen (secondary N) is 2. The van der Waals surface area contributed by atoms with Crippen molar-refractivity contribution in [2.24, 2.45) is 4.99 Å². The highest BCUT2D eigenvalue weighted by Gasteiger charge is 2.16. The summed E-state index contributed by atoms with van der Waals surface area (Å²) in [5, 5.41) is 8.81. The van der Waals surface area contributed by atoms with Crippen LogP contribution in [-0.2, 0) is 0 Å². The summed E-state index contributed by atoms with van der Waals surface area (Å²) in [7, 11) is 0. The molecule has 5 heterocycles. The highest BCUT2D eigenvalue weighted by molar-refractivity contribution is 7.13. The van der Waals surface area contributed by atoms with Gasteiger partial charge in [0.15, 0.2) is 0 Å². The van der Waals surface area contributed by atoms with Crippen LogP contribution < -0.4 is 15.9 Å². The minimum atomic E-state index is 0.962. The van der Waals surface area contributed by atoms with E-state index >= 15 is 0 Å². The second-order valence-electron chi connectivity index (χ2n) is 8.80.